The van der Waals surface area contributed by atoms with E-state index < -0.39 is 10.0 Å². The maximum Gasteiger partial charge on any atom is 0.255 e. The molecule has 2 aromatic rings. The van der Waals surface area contributed by atoms with Crippen LogP contribution in [0.4, 0.5) is 11.4 Å². The number of carbonyl (C=O) groups excluding carboxylic acids is 1. The highest BCUT2D eigenvalue weighted by Gasteiger charge is 2.25. The zero-order valence-corrected chi connectivity index (χ0v) is 18.3. The van der Waals surface area contributed by atoms with E-state index in [0.717, 1.165) is 26.2 Å². The number of ether oxygens (including phenoxy) is 1. The van der Waals surface area contributed by atoms with Gasteiger partial charge in [-0.1, -0.05) is 6.92 Å². The average Bonchev–Trinajstić information content (AvgIpc) is 2.74. The lowest BCUT2D eigenvalue weighted by atomic mass is 10.1. The Bertz CT molecular complexity index is 985. The van der Waals surface area contributed by atoms with Crippen molar-refractivity contribution < 1.29 is 17.9 Å². The Morgan fingerprint density at radius 1 is 1.07 bits per heavy atom. The van der Waals surface area contributed by atoms with E-state index in [-0.39, 0.29) is 22.9 Å². The normalized spacial score (nSPS) is 15.1. The van der Waals surface area contributed by atoms with Gasteiger partial charge >= 0.3 is 0 Å². The molecule has 0 radical (unpaired) electrons. The molecule has 8 nitrogen and oxygen atoms in total. The van der Waals surface area contributed by atoms with Gasteiger partial charge in [-0.25, -0.2) is 13.1 Å². The number of hydrogen-bond acceptors (Lipinski definition) is 6. The third-order valence-electron chi connectivity index (χ3n) is 5.04. The van der Waals surface area contributed by atoms with Crippen molar-refractivity contribution in [3.05, 3.63) is 48.0 Å². The number of amides is 1. The molecule has 0 bridgehead atoms. The summed E-state index contributed by atoms with van der Waals surface area (Å²) in [6.07, 6.45) is 0. The highest BCUT2D eigenvalue weighted by Crippen LogP contribution is 2.28. The van der Waals surface area contributed by atoms with Gasteiger partial charge in [0.15, 0.2) is 0 Å². The van der Waals surface area contributed by atoms with Crippen LogP contribution in [0.3, 0.4) is 0 Å². The fraction of sp³-hybridized carbons (Fsp3) is 0.381. The zero-order valence-electron chi connectivity index (χ0n) is 17.5. The number of benzene rings is 2. The molecule has 0 saturated carbocycles. The predicted octanol–water partition coefficient (Wildman–Crippen LogP) is 2.00. The molecule has 0 spiro atoms. The molecular weight excluding hydrogens is 404 g/mol. The highest BCUT2D eigenvalue weighted by molar-refractivity contribution is 7.89. The van der Waals surface area contributed by atoms with Crippen molar-refractivity contribution in [1.29, 1.82) is 0 Å². The Morgan fingerprint density at radius 3 is 2.33 bits per heavy atom. The smallest absolute Gasteiger partial charge is 0.255 e. The van der Waals surface area contributed by atoms with Gasteiger partial charge in [0, 0.05) is 44.0 Å². The van der Waals surface area contributed by atoms with Crippen LogP contribution < -0.4 is 19.7 Å². The molecule has 1 saturated heterocycles. The maximum atomic E-state index is 12.9. The molecule has 3 rings (SSSR count). The van der Waals surface area contributed by atoms with E-state index >= 15 is 0 Å². The number of hydrogen-bond donors (Lipinski definition) is 2. The van der Waals surface area contributed by atoms with E-state index in [1.165, 1.54) is 6.07 Å². The van der Waals surface area contributed by atoms with Crippen LogP contribution in [0.15, 0.2) is 47.4 Å². The van der Waals surface area contributed by atoms with Gasteiger partial charge in [-0.05, 0) is 49.5 Å². The van der Waals surface area contributed by atoms with Crippen molar-refractivity contribution >= 4 is 27.3 Å². The summed E-state index contributed by atoms with van der Waals surface area (Å²) in [5.74, 6) is 0.307. The molecular formula is C21H28N4O4S. The summed E-state index contributed by atoms with van der Waals surface area (Å²) in [5.41, 5.74) is 1.49. The quantitative estimate of drug-likeness (QED) is 0.696. The first-order valence-corrected chi connectivity index (χ1v) is 11.3. The highest BCUT2D eigenvalue weighted by atomic mass is 32.2. The summed E-state index contributed by atoms with van der Waals surface area (Å²) < 4.78 is 33.4. The Morgan fingerprint density at radius 2 is 1.73 bits per heavy atom. The molecule has 2 aromatic carbocycles. The van der Waals surface area contributed by atoms with Gasteiger partial charge in [-0.3, -0.25) is 4.79 Å². The van der Waals surface area contributed by atoms with Crippen LogP contribution in [0.5, 0.6) is 5.75 Å². The minimum absolute atomic E-state index is 0.122. The van der Waals surface area contributed by atoms with Gasteiger partial charge in [-0.15, -0.1) is 0 Å². The Hall–Kier alpha value is -2.62. The van der Waals surface area contributed by atoms with Gasteiger partial charge in [0.2, 0.25) is 10.0 Å². The fourth-order valence-corrected chi connectivity index (χ4v) is 4.61. The van der Waals surface area contributed by atoms with Gasteiger partial charge in [0.25, 0.3) is 5.91 Å². The van der Waals surface area contributed by atoms with Crippen LogP contribution in [0.2, 0.25) is 0 Å². The molecule has 1 aliphatic heterocycles. The zero-order chi connectivity index (χ0) is 21.7. The van der Waals surface area contributed by atoms with E-state index in [2.05, 4.69) is 19.8 Å². The summed E-state index contributed by atoms with van der Waals surface area (Å²) in [4.78, 5) is 17.1. The van der Waals surface area contributed by atoms with Gasteiger partial charge in [-0.2, -0.15) is 0 Å². The van der Waals surface area contributed by atoms with E-state index in [1.54, 1.807) is 50.4 Å². The summed E-state index contributed by atoms with van der Waals surface area (Å²) in [6, 6.07) is 11.8. The first-order valence-electron chi connectivity index (χ1n) is 9.86. The van der Waals surface area contributed by atoms with E-state index in [1.807, 2.05) is 7.05 Å². The number of carbonyl (C=O) groups is 1. The lowest BCUT2D eigenvalue weighted by Crippen LogP contribution is -2.45. The standard InChI is InChI=1S/C21H28N4O4S/c1-4-22-30(27,28)20-15-16(5-10-19(20)25-13-11-24(2)12-14-25)21(26)23-17-6-8-18(29-3)9-7-17/h5-10,15,22H,4,11-14H2,1-3H3,(H,23,26). The third-order valence-corrected chi connectivity index (χ3v) is 6.61. The molecule has 1 aliphatic rings. The number of nitrogens with zero attached hydrogens (tertiary/aromatic N) is 2. The van der Waals surface area contributed by atoms with Crippen molar-refractivity contribution in [2.24, 2.45) is 0 Å². The van der Waals surface area contributed by atoms with Gasteiger partial charge in [0.05, 0.1) is 12.8 Å². The maximum absolute atomic E-state index is 12.9. The minimum Gasteiger partial charge on any atom is -0.497 e. The second kappa shape index (κ2) is 9.46. The van der Waals surface area contributed by atoms with Gasteiger partial charge < -0.3 is 19.9 Å². The monoisotopic (exact) mass is 432 g/mol. The Labute approximate surface area is 177 Å². The van der Waals surface area contributed by atoms with Crippen molar-refractivity contribution in [1.82, 2.24) is 9.62 Å². The summed E-state index contributed by atoms with van der Waals surface area (Å²) >= 11 is 0. The second-order valence-electron chi connectivity index (χ2n) is 7.16. The van der Waals surface area contributed by atoms with E-state index in [0.29, 0.717) is 17.1 Å². The largest absolute Gasteiger partial charge is 0.497 e. The number of nitrogens with one attached hydrogen (secondary N) is 2. The van der Waals surface area contributed by atoms with Crippen LogP contribution in [-0.2, 0) is 10.0 Å². The molecule has 1 fully saturated rings. The molecule has 0 atom stereocenters. The lowest BCUT2D eigenvalue weighted by Gasteiger charge is -2.35. The first kappa shape index (κ1) is 22.1. The number of sulfonamides is 1. The van der Waals surface area contributed by atoms with Crippen LogP contribution in [-0.4, -0.2) is 66.1 Å². The van der Waals surface area contributed by atoms with Crippen molar-refractivity contribution in [3.63, 3.8) is 0 Å². The predicted molar refractivity (Wildman–Crippen MR) is 118 cm³/mol. The topological polar surface area (TPSA) is 91.0 Å². The molecule has 0 aliphatic carbocycles. The van der Waals surface area contributed by atoms with Crippen molar-refractivity contribution in [2.75, 3.05) is 57.1 Å². The molecule has 162 valence electrons. The number of methoxy groups -OCH3 is 1. The molecule has 1 amide bonds. The molecule has 0 aromatic heterocycles. The minimum atomic E-state index is -3.74. The Balaban J connectivity index is 1.90. The van der Waals surface area contributed by atoms with Crippen LogP contribution in [0.1, 0.15) is 17.3 Å². The average molecular weight is 433 g/mol. The lowest BCUT2D eigenvalue weighted by molar-refractivity contribution is 0.102. The van der Waals surface area contributed by atoms with Crippen molar-refractivity contribution in [2.45, 2.75) is 11.8 Å². The first-order chi connectivity index (χ1) is 14.3. The fourth-order valence-electron chi connectivity index (χ4n) is 3.32. The molecule has 0 unspecified atom stereocenters. The van der Waals surface area contributed by atoms with Crippen LogP contribution in [0.25, 0.3) is 0 Å². The summed E-state index contributed by atoms with van der Waals surface area (Å²) in [5, 5.41) is 2.79. The van der Waals surface area contributed by atoms with Crippen molar-refractivity contribution in [3.8, 4) is 5.75 Å². The van der Waals surface area contributed by atoms with E-state index in [4.69, 9.17) is 4.74 Å². The SMILES string of the molecule is CCNS(=O)(=O)c1cc(C(=O)Nc2ccc(OC)cc2)ccc1N1CCN(C)CC1. The summed E-state index contributed by atoms with van der Waals surface area (Å²) in [6.45, 7) is 5.14. The molecule has 9 heteroatoms. The molecule has 30 heavy (non-hydrogen) atoms. The number of piperazine rings is 1. The van der Waals surface area contributed by atoms with Crippen LogP contribution >= 0.6 is 0 Å². The Kier molecular flexibility index (Phi) is 6.96. The number of anilines is 2. The van der Waals surface area contributed by atoms with Gasteiger partial charge in [0.1, 0.15) is 10.6 Å². The number of rotatable bonds is 7. The third kappa shape index (κ3) is 5.10. The van der Waals surface area contributed by atoms with E-state index in [9.17, 15) is 13.2 Å². The summed E-state index contributed by atoms with van der Waals surface area (Å²) in [7, 11) is -0.130. The molecule has 2 N–H and O–H groups in total. The number of likely N-dealkylation sites (N-methyl/N-ethyl adjacent to an activating group) is 1. The van der Waals surface area contributed by atoms with Crippen LogP contribution in [0, 0.1) is 0 Å². The molecule has 1 heterocycles. The second-order valence-corrected chi connectivity index (χ2v) is 8.89.